The zero-order valence-electron chi connectivity index (χ0n) is 11.9. The predicted molar refractivity (Wildman–Crippen MR) is 88.9 cm³/mol. The van der Waals surface area contributed by atoms with E-state index in [9.17, 15) is 8.42 Å². The minimum atomic E-state index is -3.50. The quantitative estimate of drug-likeness (QED) is 0.792. The molecule has 0 aromatic heterocycles. The molecule has 0 saturated heterocycles. The normalized spacial score (nSPS) is 11.0. The lowest BCUT2D eigenvalue weighted by molar-refractivity contribution is 0.584. The third-order valence-electron chi connectivity index (χ3n) is 2.94. The van der Waals surface area contributed by atoms with E-state index in [1.54, 1.807) is 11.8 Å². The average molecular weight is 332 g/mol. The van der Waals surface area contributed by atoms with Gasteiger partial charge in [0.15, 0.2) is 0 Å². The molecule has 1 N–H and O–H groups in total. The molecule has 0 heterocycles. The van der Waals surface area contributed by atoms with E-state index in [0.29, 0.717) is 17.9 Å². The van der Waals surface area contributed by atoms with Crippen LogP contribution in [0, 0.1) is 11.3 Å². The van der Waals surface area contributed by atoms with Gasteiger partial charge in [0.25, 0.3) is 0 Å². The summed E-state index contributed by atoms with van der Waals surface area (Å²) in [6.45, 7) is 0.375. The summed E-state index contributed by atoms with van der Waals surface area (Å²) >= 11 is 1.68. The van der Waals surface area contributed by atoms with E-state index in [4.69, 9.17) is 5.26 Å². The van der Waals surface area contributed by atoms with Crippen molar-refractivity contribution in [3.05, 3.63) is 65.7 Å². The van der Waals surface area contributed by atoms with Gasteiger partial charge in [0.1, 0.15) is 0 Å². The fourth-order valence-electron chi connectivity index (χ4n) is 1.80. The van der Waals surface area contributed by atoms with Crippen LogP contribution in [0.25, 0.3) is 0 Å². The minimum Gasteiger partial charge on any atom is -0.210 e. The van der Waals surface area contributed by atoms with Crippen LogP contribution in [0.15, 0.2) is 59.5 Å². The second-order valence-electron chi connectivity index (χ2n) is 4.57. The molecule has 0 saturated carbocycles. The van der Waals surface area contributed by atoms with Crippen molar-refractivity contribution in [2.75, 3.05) is 12.3 Å². The van der Waals surface area contributed by atoms with E-state index in [1.165, 1.54) is 29.8 Å². The van der Waals surface area contributed by atoms with E-state index < -0.39 is 10.0 Å². The van der Waals surface area contributed by atoms with Gasteiger partial charge in [-0.25, -0.2) is 13.1 Å². The van der Waals surface area contributed by atoms with Crippen LogP contribution in [0.2, 0.25) is 0 Å². The third kappa shape index (κ3) is 4.88. The number of hydrogen-bond donors (Lipinski definition) is 1. The van der Waals surface area contributed by atoms with Gasteiger partial charge in [-0.05, 0) is 29.8 Å². The Morgan fingerprint density at radius 3 is 2.36 bits per heavy atom. The van der Waals surface area contributed by atoms with Crippen molar-refractivity contribution in [1.29, 1.82) is 5.26 Å². The maximum Gasteiger partial charge on any atom is 0.240 e. The van der Waals surface area contributed by atoms with E-state index in [2.05, 4.69) is 4.72 Å². The van der Waals surface area contributed by atoms with Crippen molar-refractivity contribution in [2.45, 2.75) is 10.6 Å². The van der Waals surface area contributed by atoms with Gasteiger partial charge in [0.05, 0.1) is 16.5 Å². The van der Waals surface area contributed by atoms with Crippen molar-refractivity contribution < 1.29 is 8.42 Å². The van der Waals surface area contributed by atoms with Gasteiger partial charge in [0, 0.05) is 18.1 Å². The lowest BCUT2D eigenvalue weighted by Gasteiger charge is -2.07. The maximum atomic E-state index is 12.1. The van der Waals surface area contributed by atoms with Crippen LogP contribution in [0.4, 0.5) is 0 Å². The monoisotopic (exact) mass is 332 g/mol. The van der Waals surface area contributed by atoms with Crippen molar-refractivity contribution >= 4 is 21.8 Å². The maximum absolute atomic E-state index is 12.1. The van der Waals surface area contributed by atoms with Crippen molar-refractivity contribution in [3.63, 3.8) is 0 Å². The highest BCUT2D eigenvalue weighted by molar-refractivity contribution is 7.98. The van der Waals surface area contributed by atoms with Gasteiger partial charge >= 0.3 is 0 Å². The molecule has 6 heteroatoms. The highest BCUT2D eigenvalue weighted by Gasteiger charge is 2.12. The van der Waals surface area contributed by atoms with Gasteiger partial charge in [-0.15, -0.1) is 0 Å². The number of nitrogens with one attached hydrogen (secondary N) is 1. The van der Waals surface area contributed by atoms with Gasteiger partial charge in [-0.2, -0.15) is 17.0 Å². The predicted octanol–water partition coefficient (Wildman–Crippen LogP) is 2.77. The van der Waals surface area contributed by atoms with Gasteiger partial charge in [-0.1, -0.05) is 30.3 Å². The molecular weight excluding hydrogens is 316 g/mol. The van der Waals surface area contributed by atoms with Crippen molar-refractivity contribution in [3.8, 4) is 6.07 Å². The molecule has 2 aromatic rings. The molecule has 0 aliphatic heterocycles. The van der Waals surface area contributed by atoms with E-state index in [0.717, 1.165) is 5.75 Å². The molecule has 0 amide bonds. The summed E-state index contributed by atoms with van der Waals surface area (Å²) in [6.07, 6.45) is 0. The molecule has 22 heavy (non-hydrogen) atoms. The second-order valence-corrected chi connectivity index (χ2v) is 7.44. The Morgan fingerprint density at radius 2 is 1.73 bits per heavy atom. The van der Waals surface area contributed by atoms with Crippen LogP contribution < -0.4 is 4.72 Å². The Hall–Kier alpha value is -1.81. The zero-order chi connectivity index (χ0) is 15.8. The summed E-state index contributed by atoms with van der Waals surface area (Å²) in [5, 5.41) is 8.71. The smallest absolute Gasteiger partial charge is 0.210 e. The topological polar surface area (TPSA) is 70.0 Å². The van der Waals surface area contributed by atoms with E-state index in [-0.39, 0.29) is 4.90 Å². The summed E-state index contributed by atoms with van der Waals surface area (Å²) in [7, 11) is -3.50. The number of rotatable bonds is 7. The Kier molecular flexibility index (Phi) is 6.01. The van der Waals surface area contributed by atoms with Crippen molar-refractivity contribution in [2.24, 2.45) is 0 Å². The third-order valence-corrected chi connectivity index (χ3v) is 5.45. The SMILES string of the molecule is N#Cc1ccc(S(=O)(=O)NCCSCc2ccccc2)cc1. The minimum absolute atomic E-state index is 0.180. The Bertz CT molecular complexity index is 736. The molecule has 2 aromatic carbocycles. The summed E-state index contributed by atoms with van der Waals surface area (Å²) in [6, 6.07) is 17.9. The zero-order valence-corrected chi connectivity index (χ0v) is 13.5. The van der Waals surface area contributed by atoms with E-state index in [1.807, 2.05) is 36.4 Å². The number of thioether (sulfide) groups is 1. The first-order chi connectivity index (χ1) is 10.6. The van der Waals surface area contributed by atoms with Gasteiger partial charge in [0.2, 0.25) is 10.0 Å². The number of nitrogens with zero attached hydrogens (tertiary/aromatic N) is 1. The lowest BCUT2D eigenvalue weighted by Crippen LogP contribution is -2.26. The fraction of sp³-hybridized carbons (Fsp3) is 0.188. The van der Waals surface area contributed by atoms with Crippen LogP contribution in [0.5, 0.6) is 0 Å². The number of nitriles is 1. The van der Waals surface area contributed by atoms with Crippen LogP contribution in [-0.2, 0) is 15.8 Å². The molecule has 0 bridgehead atoms. The Balaban J connectivity index is 1.79. The average Bonchev–Trinajstić information content (AvgIpc) is 2.55. The standard InChI is InChI=1S/C16H16N2O2S2/c17-12-14-6-8-16(9-7-14)22(19,20)18-10-11-21-13-15-4-2-1-3-5-15/h1-9,18H,10-11,13H2. The van der Waals surface area contributed by atoms with Gasteiger partial charge in [-0.3, -0.25) is 0 Å². The molecule has 0 atom stereocenters. The first-order valence-corrected chi connectivity index (χ1v) is 9.37. The summed E-state index contributed by atoms with van der Waals surface area (Å²) in [4.78, 5) is 0.180. The number of sulfonamides is 1. The summed E-state index contributed by atoms with van der Waals surface area (Å²) in [5.74, 6) is 1.56. The molecule has 0 radical (unpaired) electrons. The molecule has 0 fully saturated rings. The number of benzene rings is 2. The van der Waals surface area contributed by atoms with E-state index >= 15 is 0 Å². The van der Waals surface area contributed by atoms with Crippen LogP contribution in [0.3, 0.4) is 0 Å². The molecule has 2 rings (SSSR count). The molecule has 0 aliphatic rings. The summed E-state index contributed by atoms with van der Waals surface area (Å²) < 4.78 is 26.7. The molecular formula is C16H16N2O2S2. The highest BCUT2D eigenvalue weighted by Crippen LogP contribution is 2.12. The molecule has 4 nitrogen and oxygen atoms in total. The van der Waals surface area contributed by atoms with Crippen LogP contribution in [-0.4, -0.2) is 20.7 Å². The molecule has 114 valence electrons. The molecule has 0 unspecified atom stereocenters. The highest BCUT2D eigenvalue weighted by atomic mass is 32.2. The largest absolute Gasteiger partial charge is 0.240 e. The lowest BCUT2D eigenvalue weighted by atomic mass is 10.2. The van der Waals surface area contributed by atoms with Gasteiger partial charge < -0.3 is 0 Å². The molecule has 0 spiro atoms. The number of hydrogen-bond acceptors (Lipinski definition) is 4. The first kappa shape index (κ1) is 16.6. The summed E-state index contributed by atoms with van der Waals surface area (Å²) in [5.41, 5.74) is 1.67. The molecule has 0 aliphatic carbocycles. The first-order valence-electron chi connectivity index (χ1n) is 6.73. The Morgan fingerprint density at radius 1 is 1.05 bits per heavy atom. The Labute approximate surface area is 135 Å². The van der Waals surface area contributed by atoms with Crippen LogP contribution in [0.1, 0.15) is 11.1 Å². The second kappa shape index (κ2) is 7.99. The van der Waals surface area contributed by atoms with Crippen molar-refractivity contribution in [1.82, 2.24) is 4.72 Å². The fourth-order valence-corrected chi connectivity index (χ4v) is 3.78. The van der Waals surface area contributed by atoms with Crippen LogP contribution >= 0.6 is 11.8 Å².